The number of urea groups is 1. The van der Waals surface area contributed by atoms with E-state index in [-0.39, 0.29) is 6.03 Å². The summed E-state index contributed by atoms with van der Waals surface area (Å²) in [6.45, 7) is 5.23. The molecule has 0 bridgehead atoms. The predicted octanol–water partition coefficient (Wildman–Crippen LogP) is 5.05. The number of fused-ring (bicyclic) bond motifs is 1. The summed E-state index contributed by atoms with van der Waals surface area (Å²) in [5.41, 5.74) is 7.33. The number of aromatic nitrogens is 3. The van der Waals surface area contributed by atoms with Crippen LogP contribution >= 0.6 is 11.3 Å². The second-order valence-corrected chi connectivity index (χ2v) is 7.34. The number of aryl methyl sites for hydroxylation is 1. The number of hydrogen-bond acceptors (Lipinski definition) is 4. The van der Waals surface area contributed by atoms with Crippen molar-refractivity contribution in [2.45, 2.75) is 20.4 Å². The molecule has 2 N–H and O–H groups in total. The van der Waals surface area contributed by atoms with Gasteiger partial charge in [-0.2, -0.15) is 0 Å². The number of nitrogens with one attached hydrogen (secondary N) is 2. The molecule has 2 amide bonds. The molecule has 6 nitrogen and oxygen atoms in total. The van der Waals surface area contributed by atoms with E-state index in [0.717, 1.165) is 33.8 Å². The second-order valence-electron chi connectivity index (χ2n) is 6.62. The third-order valence-electron chi connectivity index (χ3n) is 4.53. The van der Waals surface area contributed by atoms with Crippen molar-refractivity contribution < 1.29 is 4.79 Å². The zero-order valence-electron chi connectivity index (χ0n) is 15.8. The first-order valence-corrected chi connectivity index (χ1v) is 10.1. The molecule has 4 rings (SSSR count). The van der Waals surface area contributed by atoms with E-state index in [1.807, 2.05) is 42.6 Å². The lowest BCUT2D eigenvalue weighted by Gasteiger charge is -2.21. The third kappa shape index (κ3) is 3.89. The summed E-state index contributed by atoms with van der Waals surface area (Å²) >= 11 is 1.53. The summed E-state index contributed by atoms with van der Waals surface area (Å²) in [6.07, 6.45) is 0. The van der Waals surface area contributed by atoms with E-state index >= 15 is 0 Å². The van der Waals surface area contributed by atoms with Crippen LogP contribution in [0.5, 0.6) is 0 Å². The number of hydrogen-bond donors (Lipinski definition) is 2. The molecule has 0 aliphatic carbocycles. The molecule has 0 unspecified atom stereocenters. The van der Waals surface area contributed by atoms with Crippen molar-refractivity contribution in [2.24, 2.45) is 0 Å². The lowest BCUT2D eigenvalue weighted by Crippen LogP contribution is -2.34. The maximum atomic E-state index is 12.7. The average molecular weight is 392 g/mol. The van der Waals surface area contributed by atoms with Crippen LogP contribution in [0.4, 0.5) is 10.5 Å². The number of imidazole rings is 1. The first kappa shape index (κ1) is 18.2. The Bertz CT molecular complexity index is 1100. The fourth-order valence-corrected chi connectivity index (χ4v) is 3.63. The first-order chi connectivity index (χ1) is 13.6. The van der Waals surface area contributed by atoms with E-state index in [9.17, 15) is 4.79 Å². The number of carbonyl (C=O) groups excluding carboxylic acids is 1. The maximum absolute atomic E-state index is 12.7. The van der Waals surface area contributed by atoms with Gasteiger partial charge in [-0.25, -0.2) is 14.8 Å². The Labute approximate surface area is 167 Å². The molecule has 0 spiro atoms. The fourth-order valence-electron chi connectivity index (χ4n) is 3.09. The van der Waals surface area contributed by atoms with E-state index in [2.05, 4.69) is 39.3 Å². The number of aromatic amines is 1. The average Bonchev–Trinajstić information content (AvgIpc) is 3.35. The molecule has 2 aromatic heterocycles. The quantitative estimate of drug-likeness (QED) is 0.500. The number of carbonyl (C=O) groups is 1. The van der Waals surface area contributed by atoms with E-state index in [0.29, 0.717) is 13.1 Å². The molecular weight excluding hydrogens is 370 g/mol. The van der Waals surface area contributed by atoms with Gasteiger partial charge in [-0.05, 0) is 37.6 Å². The molecule has 7 heteroatoms. The largest absolute Gasteiger partial charge is 0.337 e. The van der Waals surface area contributed by atoms with Gasteiger partial charge in [0.2, 0.25) is 0 Å². The minimum absolute atomic E-state index is 0.126. The summed E-state index contributed by atoms with van der Waals surface area (Å²) in [5, 5.41) is 4.93. The lowest BCUT2D eigenvalue weighted by molar-refractivity contribution is 0.212. The number of benzene rings is 2. The molecule has 0 aliphatic rings. The van der Waals surface area contributed by atoms with Gasteiger partial charge in [0.05, 0.1) is 16.5 Å². The minimum atomic E-state index is -0.126. The summed E-state index contributed by atoms with van der Waals surface area (Å²) in [5.74, 6) is 0.731. The van der Waals surface area contributed by atoms with Crippen molar-refractivity contribution >= 4 is 34.1 Å². The van der Waals surface area contributed by atoms with Gasteiger partial charge in [0.1, 0.15) is 5.69 Å². The van der Waals surface area contributed by atoms with E-state index in [1.165, 1.54) is 16.9 Å². The molecule has 28 heavy (non-hydrogen) atoms. The SMILES string of the molecule is CCN(Cc1cccc(C)c1)C(=O)Nc1ccc2[nH]c(-c3cscn3)nc2c1. The molecule has 0 aliphatic heterocycles. The van der Waals surface area contributed by atoms with Crippen LogP contribution in [0.1, 0.15) is 18.1 Å². The number of nitrogens with zero attached hydrogens (tertiary/aromatic N) is 3. The van der Waals surface area contributed by atoms with Gasteiger partial charge in [0, 0.05) is 24.2 Å². The molecule has 0 saturated carbocycles. The smallest absolute Gasteiger partial charge is 0.322 e. The zero-order chi connectivity index (χ0) is 19.5. The van der Waals surface area contributed by atoms with Crippen molar-refractivity contribution in [3.8, 4) is 11.5 Å². The summed E-state index contributed by atoms with van der Waals surface area (Å²) in [7, 11) is 0. The molecule has 0 saturated heterocycles. The van der Waals surface area contributed by atoms with Crippen molar-refractivity contribution in [3.05, 3.63) is 64.5 Å². The Morgan fingerprint density at radius 1 is 1.25 bits per heavy atom. The van der Waals surface area contributed by atoms with Gasteiger partial charge in [-0.1, -0.05) is 29.8 Å². The Morgan fingerprint density at radius 3 is 2.89 bits per heavy atom. The summed E-state index contributed by atoms with van der Waals surface area (Å²) < 4.78 is 0. The molecule has 2 heterocycles. The van der Waals surface area contributed by atoms with Crippen molar-refractivity contribution in [1.29, 1.82) is 0 Å². The number of anilines is 1. The number of thiazole rings is 1. The van der Waals surface area contributed by atoms with Crippen molar-refractivity contribution in [2.75, 3.05) is 11.9 Å². The molecule has 0 atom stereocenters. The van der Waals surface area contributed by atoms with Crippen LogP contribution in [0.2, 0.25) is 0 Å². The Kier molecular flexibility index (Phi) is 5.08. The Balaban J connectivity index is 1.50. The third-order valence-corrected chi connectivity index (χ3v) is 5.12. The first-order valence-electron chi connectivity index (χ1n) is 9.12. The number of rotatable bonds is 5. The summed E-state index contributed by atoms with van der Waals surface area (Å²) in [6, 6.07) is 13.8. The molecule has 4 aromatic rings. The minimum Gasteiger partial charge on any atom is -0.337 e. The fraction of sp³-hybridized carbons (Fsp3) is 0.190. The van der Waals surface area contributed by atoms with Crippen LogP contribution in [0.3, 0.4) is 0 Å². The van der Waals surface area contributed by atoms with Gasteiger partial charge < -0.3 is 15.2 Å². The predicted molar refractivity (Wildman–Crippen MR) is 113 cm³/mol. The summed E-state index contributed by atoms with van der Waals surface area (Å²) in [4.78, 5) is 26.7. The topological polar surface area (TPSA) is 73.9 Å². The Morgan fingerprint density at radius 2 is 2.14 bits per heavy atom. The number of amides is 2. The van der Waals surface area contributed by atoms with Crippen molar-refractivity contribution in [1.82, 2.24) is 19.9 Å². The molecular formula is C21H21N5OS. The monoisotopic (exact) mass is 391 g/mol. The van der Waals surface area contributed by atoms with Crippen LogP contribution in [-0.2, 0) is 6.54 Å². The molecule has 0 radical (unpaired) electrons. The van der Waals surface area contributed by atoms with Gasteiger partial charge in [0.25, 0.3) is 0 Å². The van der Waals surface area contributed by atoms with Crippen LogP contribution in [0, 0.1) is 6.92 Å². The van der Waals surface area contributed by atoms with E-state index in [1.54, 1.807) is 10.4 Å². The van der Waals surface area contributed by atoms with Gasteiger partial charge in [0.15, 0.2) is 5.82 Å². The second kappa shape index (κ2) is 7.82. The number of H-pyrrole nitrogens is 1. The highest BCUT2D eigenvalue weighted by Crippen LogP contribution is 2.23. The van der Waals surface area contributed by atoms with Crippen LogP contribution in [0.15, 0.2) is 53.4 Å². The van der Waals surface area contributed by atoms with Crippen molar-refractivity contribution in [3.63, 3.8) is 0 Å². The lowest BCUT2D eigenvalue weighted by atomic mass is 10.1. The molecule has 142 valence electrons. The Hall–Kier alpha value is -3.19. The molecule has 2 aromatic carbocycles. The standard InChI is InChI=1S/C21H21N5OS/c1-3-26(11-15-6-4-5-14(2)9-15)21(27)23-16-7-8-17-18(10-16)25-20(24-17)19-12-28-13-22-19/h4-10,12-13H,3,11H2,1-2H3,(H,23,27)(H,24,25). The van der Waals surface area contributed by atoms with Gasteiger partial charge in [-0.15, -0.1) is 11.3 Å². The van der Waals surface area contributed by atoms with E-state index in [4.69, 9.17) is 0 Å². The van der Waals surface area contributed by atoms with Gasteiger partial charge in [-0.3, -0.25) is 0 Å². The normalized spacial score (nSPS) is 10.9. The van der Waals surface area contributed by atoms with Gasteiger partial charge >= 0.3 is 6.03 Å². The van der Waals surface area contributed by atoms with Crippen LogP contribution in [-0.4, -0.2) is 32.4 Å². The van der Waals surface area contributed by atoms with E-state index < -0.39 is 0 Å². The maximum Gasteiger partial charge on any atom is 0.322 e. The van der Waals surface area contributed by atoms with Crippen LogP contribution in [0.25, 0.3) is 22.6 Å². The molecule has 0 fully saturated rings. The zero-order valence-corrected chi connectivity index (χ0v) is 16.6. The highest BCUT2D eigenvalue weighted by atomic mass is 32.1. The highest BCUT2D eigenvalue weighted by molar-refractivity contribution is 7.07. The van der Waals surface area contributed by atoms with Crippen LogP contribution < -0.4 is 5.32 Å². The highest BCUT2D eigenvalue weighted by Gasteiger charge is 2.14.